The highest BCUT2D eigenvalue weighted by Gasteiger charge is 2.31. The summed E-state index contributed by atoms with van der Waals surface area (Å²) in [5.41, 5.74) is 2.34. The highest BCUT2D eigenvalue weighted by molar-refractivity contribution is 6.08. The molecule has 1 N–H and O–H groups in total. The van der Waals surface area contributed by atoms with Crippen LogP contribution in [0.25, 0.3) is 0 Å². The van der Waals surface area contributed by atoms with Crippen LogP contribution in [0.4, 0.5) is 5.69 Å². The van der Waals surface area contributed by atoms with E-state index in [1.807, 2.05) is 23.1 Å². The van der Waals surface area contributed by atoms with Gasteiger partial charge < -0.3 is 9.64 Å². The van der Waals surface area contributed by atoms with Gasteiger partial charge in [-0.2, -0.15) is 0 Å². The minimum absolute atomic E-state index is 0.0652. The lowest BCUT2D eigenvalue weighted by Gasteiger charge is -2.27. The van der Waals surface area contributed by atoms with Crippen LogP contribution in [0.1, 0.15) is 12.0 Å². The van der Waals surface area contributed by atoms with Crippen LogP contribution >= 0.6 is 0 Å². The number of benzene rings is 1. The van der Waals surface area contributed by atoms with Crippen molar-refractivity contribution in [2.45, 2.75) is 12.8 Å². The number of carbonyl (C=O) groups excluding carboxylic acids is 2. The summed E-state index contributed by atoms with van der Waals surface area (Å²) in [6.07, 6.45) is 1.01. The summed E-state index contributed by atoms with van der Waals surface area (Å²) < 4.78 is 4.60. The zero-order chi connectivity index (χ0) is 14.8. The Labute approximate surface area is 122 Å². The second kappa shape index (κ2) is 5.55. The zero-order valence-electron chi connectivity index (χ0n) is 11.8. The van der Waals surface area contributed by atoms with Crippen molar-refractivity contribution in [1.82, 2.24) is 5.32 Å². The Morgan fingerprint density at radius 1 is 1.48 bits per heavy atom. The first-order chi connectivity index (χ1) is 10.2. The summed E-state index contributed by atoms with van der Waals surface area (Å²) in [7, 11) is 1.32. The summed E-state index contributed by atoms with van der Waals surface area (Å²) >= 11 is 0. The fraction of sp³-hybridized carbons (Fsp3) is 0.400. The molecule has 2 heterocycles. The number of ether oxygens (including phenoxy) is 1. The zero-order valence-corrected chi connectivity index (χ0v) is 11.8. The number of para-hydroxylation sites is 1. The Morgan fingerprint density at radius 3 is 3.05 bits per heavy atom. The smallest absolute Gasteiger partial charge is 0.306 e. The second-order valence-electron chi connectivity index (χ2n) is 5.16. The molecule has 110 valence electrons. The van der Waals surface area contributed by atoms with Crippen LogP contribution < -0.4 is 10.2 Å². The van der Waals surface area contributed by atoms with Crippen LogP contribution in [-0.2, 0) is 20.7 Å². The van der Waals surface area contributed by atoms with Crippen LogP contribution in [0.3, 0.4) is 0 Å². The molecule has 1 amide bonds. The highest BCUT2D eigenvalue weighted by Crippen LogP contribution is 2.28. The summed E-state index contributed by atoms with van der Waals surface area (Å²) in [6, 6.07) is 8.09. The first-order valence-electron chi connectivity index (χ1n) is 6.96. The number of nitrogens with zero attached hydrogens (tertiary/aromatic N) is 2. The van der Waals surface area contributed by atoms with Gasteiger partial charge in [0, 0.05) is 12.2 Å². The van der Waals surface area contributed by atoms with Gasteiger partial charge in [-0.3, -0.25) is 19.9 Å². The van der Waals surface area contributed by atoms with Gasteiger partial charge in [0.2, 0.25) is 11.9 Å². The Hall–Kier alpha value is -2.37. The third-order valence-electron chi connectivity index (χ3n) is 3.85. The summed E-state index contributed by atoms with van der Waals surface area (Å²) in [5, 5.41) is 2.81. The van der Waals surface area contributed by atoms with E-state index >= 15 is 0 Å². The summed E-state index contributed by atoms with van der Waals surface area (Å²) in [5.74, 6) is -0.430. The lowest BCUT2D eigenvalue weighted by molar-refractivity contribution is -0.143. The molecule has 1 aromatic carbocycles. The second-order valence-corrected chi connectivity index (χ2v) is 5.16. The SMILES string of the molecule is COC(=O)CC1CN=C(N2CCc3ccccc32)NC1=O. The number of methoxy groups -OCH3 is 1. The number of nitrogens with one attached hydrogen (secondary N) is 1. The Balaban J connectivity index is 1.74. The first-order valence-corrected chi connectivity index (χ1v) is 6.96. The third-order valence-corrected chi connectivity index (χ3v) is 3.85. The third kappa shape index (κ3) is 2.61. The van der Waals surface area contributed by atoms with Crippen molar-refractivity contribution >= 4 is 23.5 Å². The Morgan fingerprint density at radius 2 is 2.29 bits per heavy atom. The van der Waals surface area contributed by atoms with E-state index in [1.165, 1.54) is 12.7 Å². The molecule has 0 aliphatic carbocycles. The highest BCUT2D eigenvalue weighted by atomic mass is 16.5. The van der Waals surface area contributed by atoms with Crippen molar-refractivity contribution in [1.29, 1.82) is 0 Å². The molecule has 0 spiro atoms. The molecule has 0 saturated carbocycles. The molecule has 21 heavy (non-hydrogen) atoms. The van der Waals surface area contributed by atoms with E-state index < -0.39 is 5.92 Å². The molecule has 1 atom stereocenters. The van der Waals surface area contributed by atoms with Crippen LogP contribution in [-0.4, -0.2) is 38.0 Å². The molecule has 0 aromatic heterocycles. The fourth-order valence-electron chi connectivity index (χ4n) is 2.68. The minimum atomic E-state index is -0.445. The van der Waals surface area contributed by atoms with Gasteiger partial charge >= 0.3 is 5.97 Å². The molecule has 3 rings (SSSR count). The molecule has 6 nitrogen and oxygen atoms in total. The lowest BCUT2D eigenvalue weighted by Crippen LogP contribution is -2.50. The van der Waals surface area contributed by atoms with Crippen molar-refractivity contribution in [2.75, 3.05) is 25.1 Å². The molecular formula is C15H17N3O3. The maximum Gasteiger partial charge on any atom is 0.306 e. The van der Waals surface area contributed by atoms with Gasteiger partial charge in [-0.05, 0) is 18.1 Å². The first kappa shape index (κ1) is 13.6. The van der Waals surface area contributed by atoms with E-state index in [-0.39, 0.29) is 18.3 Å². The number of guanidine groups is 1. The van der Waals surface area contributed by atoms with Gasteiger partial charge in [0.05, 0.1) is 26.0 Å². The number of aliphatic imine (C=N–C) groups is 1. The average molecular weight is 287 g/mol. The largest absolute Gasteiger partial charge is 0.469 e. The van der Waals surface area contributed by atoms with Gasteiger partial charge in [0.15, 0.2) is 0 Å². The molecule has 0 bridgehead atoms. The average Bonchev–Trinajstić information content (AvgIpc) is 2.93. The Bertz CT molecular complexity index is 612. The number of amides is 1. The number of hydrogen-bond acceptors (Lipinski definition) is 5. The van der Waals surface area contributed by atoms with E-state index in [0.29, 0.717) is 12.5 Å². The summed E-state index contributed by atoms with van der Waals surface area (Å²) in [4.78, 5) is 29.8. The number of rotatable bonds is 2. The monoisotopic (exact) mass is 287 g/mol. The molecule has 2 aliphatic heterocycles. The predicted octanol–water partition coefficient (Wildman–Crippen LogP) is 0.714. The molecular weight excluding hydrogens is 270 g/mol. The maximum absolute atomic E-state index is 12.1. The maximum atomic E-state index is 12.1. The molecule has 0 saturated heterocycles. The van der Waals surface area contributed by atoms with Gasteiger partial charge in [0.1, 0.15) is 0 Å². The van der Waals surface area contributed by atoms with Crippen LogP contribution in [0.5, 0.6) is 0 Å². The molecule has 2 aliphatic rings. The lowest BCUT2D eigenvalue weighted by atomic mass is 10.0. The van der Waals surface area contributed by atoms with Crippen molar-refractivity contribution in [3.63, 3.8) is 0 Å². The minimum Gasteiger partial charge on any atom is -0.469 e. The van der Waals surface area contributed by atoms with Crippen LogP contribution in [0.15, 0.2) is 29.3 Å². The van der Waals surface area contributed by atoms with Crippen LogP contribution in [0.2, 0.25) is 0 Å². The molecule has 6 heteroatoms. The number of hydrogen-bond donors (Lipinski definition) is 1. The number of esters is 1. The van der Waals surface area contributed by atoms with Gasteiger partial charge in [-0.1, -0.05) is 18.2 Å². The normalized spacial score (nSPS) is 20.6. The number of fused-ring (bicyclic) bond motifs is 1. The fourth-order valence-corrected chi connectivity index (χ4v) is 2.68. The molecule has 0 fully saturated rings. The molecule has 1 aromatic rings. The van der Waals surface area contributed by atoms with Gasteiger partial charge in [-0.15, -0.1) is 0 Å². The van der Waals surface area contributed by atoms with Crippen LogP contribution in [0, 0.1) is 5.92 Å². The van der Waals surface area contributed by atoms with Crippen molar-refractivity contribution in [3.8, 4) is 0 Å². The van der Waals surface area contributed by atoms with Crippen molar-refractivity contribution in [2.24, 2.45) is 10.9 Å². The van der Waals surface area contributed by atoms with E-state index in [1.54, 1.807) is 0 Å². The quantitative estimate of drug-likeness (QED) is 0.813. The topological polar surface area (TPSA) is 71.0 Å². The number of carbonyl (C=O) groups is 2. The standard InChI is InChI=1S/C15H17N3O3/c1-21-13(19)8-11-9-16-15(17-14(11)20)18-7-6-10-4-2-3-5-12(10)18/h2-5,11H,6-9H2,1H3,(H,16,17,20). The predicted molar refractivity (Wildman–Crippen MR) is 78.1 cm³/mol. The number of anilines is 1. The Kier molecular flexibility index (Phi) is 3.60. The van der Waals surface area contributed by atoms with Gasteiger partial charge in [0.25, 0.3) is 0 Å². The van der Waals surface area contributed by atoms with Crippen molar-refractivity contribution < 1.29 is 14.3 Å². The van der Waals surface area contributed by atoms with E-state index in [9.17, 15) is 9.59 Å². The molecule has 0 radical (unpaired) electrons. The molecule has 1 unspecified atom stereocenters. The van der Waals surface area contributed by atoms with E-state index in [2.05, 4.69) is 21.1 Å². The van der Waals surface area contributed by atoms with E-state index in [0.717, 1.165) is 18.7 Å². The summed E-state index contributed by atoms with van der Waals surface area (Å²) in [6.45, 7) is 1.12. The van der Waals surface area contributed by atoms with Gasteiger partial charge in [-0.25, -0.2) is 0 Å². The van der Waals surface area contributed by atoms with Crippen molar-refractivity contribution in [3.05, 3.63) is 29.8 Å². The van der Waals surface area contributed by atoms with E-state index in [4.69, 9.17) is 0 Å².